The molecule has 0 spiro atoms. The van der Waals surface area contributed by atoms with Crippen LogP contribution in [0.1, 0.15) is 49.8 Å². The van der Waals surface area contributed by atoms with Crippen molar-refractivity contribution >= 4 is 11.6 Å². The van der Waals surface area contributed by atoms with Crippen molar-refractivity contribution in [3.63, 3.8) is 0 Å². The predicted molar refractivity (Wildman–Crippen MR) is 89.7 cm³/mol. The fourth-order valence-electron chi connectivity index (χ4n) is 3.06. The SMILES string of the molecule is CC(C)c1cc(C(=O)N2CCN(C(C)C)CC2)nc2ccnn12. The average molecular weight is 315 g/mol. The molecule has 6 nitrogen and oxygen atoms in total. The van der Waals surface area contributed by atoms with Crippen LogP contribution in [0.4, 0.5) is 0 Å². The lowest BCUT2D eigenvalue weighted by molar-refractivity contribution is 0.0590. The van der Waals surface area contributed by atoms with E-state index in [1.165, 1.54) is 0 Å². The third-order valence-corrected chi connectivity index (χ3v) is 4.53. The first-order chi connectivity index (χ1) is 11.0. The van der Waals surface area contributed by atoms with Crippen LogP contribution in [0.2, 0.25) is 0 Å². The molecule has 124 valence electrons. The van der Waals surface area contributed by atoms with Gasteiger partial charge in [0.2, 0.25) is 0 Å². The lowest BCUT2D eigenvalue weighted by Gasteiger charge is -2.36. The summed E-state index contributed by atoms with van der Waals surface area (Å²) >= 11 is 0. The van der Waals surface area contributed by atoms with E-state index in [1.807, 2.05) is 21.5 Å². The van der Waals surface area contributed by atoms with Gasteiger partial charge < -0.3 is 4.90 Å². The number of aromatic nitrogens is 3. The highest BCUT2D eigenvalue weighted by Crippen LogP contribution is 2.18. The Morgan fingerprint density at radius 2 is 1.83 bits per heavy atom. The molecule has 0 saturated carbocycles. The molecule has 23 heavy (non-hydrogen) atoms. The normalized spacial score (nSPS) is 16.7. The van der Waals surface area contributed by atoms with Gasteiger partial charge in [0.05, 0.1) is 6.20 Å². The van der Waals surface area contributed by atoms with E-state index in [9.17, 15) is 4.79 Å². The van der Waals surface area contributed by atoms with Crippen molar-refractivity contribution in [2.45, 2.75) is 39.7 Å². The van der Waals surface area contributed by atoms with E-state index in [4.69, 9.17) is 0 Å². The number of hydrogen-bond acceptors (Lipinski definition) is 4. The van der Waals surface area contributed by atoms with Gasteiger partial charge in [-0.15, -0.1) is 0 Å². The number of carbonyl (C=O) groups excluding carboxylic acids is 1. The van der Waals surface area contributed by atoms with Crippen LogP contribution < -0.4 is 0 Å². The Hall–Kier alpha value is -1.95. The molecule has 1 fully saturated rings. The van der Waals surface area contributed by atoms with Gasteiger partial charge in [-0.1, -0.05) is 13.8 Å². The quantitative estimate of drug-likeness (QED) is 0.869. The summed E-state index contributed by atoms with van der Waals surface area (Å²) in [5, 5.41) is 4.30. The van der Waals surface area contributed by atoms with Crippen molar-refractivity contribution in [1.29, 1.82) is 0 Å². The molecule has 0 bridgehead atoms. The highest BCUT2D eigenvalue weighted by Gasteiger charge is 2.25. The molecule has 6 heteroatoms. The first-order valence-corrected chi connectivity index (χ1v) is 8.35. The lowest BCUT2D eigenvalue weighted by Crippen LogP contribution is -2.50. The zero-order valence-corrected chi connectivity index (χ0v) is 14.4. The van der Waals surface area contributed by atoms with Crippen LogP contribution in [0.5, 0.6) is 0 Å². The summed E-state index contributed by atoms with van der Waals surface area (Å²) in [5.74, 6) is 0.309. The maximum absolute atomic E-state index is 12.8. The number of carbonyl (C=O) groups is 1. The van der Waals surface area contributed by atoms with Gasteiger partial charge in [-0.25, -0.2) is 9.50 Å². The highest BCUT2D eigenvalue weighted by atomic mass is 16.2. The smallest absolute Gasteiger partial charge is 0.272 e. The molecule has 0 aliphatic carbocycles. The summed E-state index contributed by atoms with van der Waals surface area (Å²) in [7, 11) is 0. The molecule has 1 aliphatic heterocycles. The van der Waals surface area contributed by atoms with Crippen LogP contribution in [0.15, 0.2) is 18.3 Å². The van der Waals surface area contributed by atoms with Crippen molar-refractivity contribution in [1.82, 2.24) is 24.4 Å². The van der Waals surface area contributed by atoms with E-state index in [2.05, 4.69) is 42.7 Å². The van der Waals surface area contributed by atoms with Gasteiger partial charge in [0.15, 0.2) is 5.65 Å². The Kier molecular flexibility index (Phi) is 4.35. The molecule has 3 heterocycles. The molecule has 1 amide bonds. The molecule has 0 radical (unpaired) electrons. The fraction of sp³-hybridized carbons (Fsp3) is 0.588. The molecule has 1 saturated heterocycles. The van der Waals surface area contributed by atoms with E-state index < -0.39 is 0 Å². The Morgan fingerprint density at radius 1 is 1.13 bits per heavy atom. The molecular formula is C17H25N5O. The third-order valence-electron chi connectivity index (χ3n) is 4.53. The first-order valence-electron chi connectivity index (χ1n) is 8.35. The van der Waals surface area contributed by atoms with E-state index in [-0.39, 0.29) is 11.8 Å². The minimum atomic E-state index is 0.0269. The maximum atomic E-state index is 12.8. The largest absolute Gasteiger partial charge is 0.335 e. The minimum absolute atomic E-state index is 0.0269. The molecule has 0 unspecified atom stereocenters. The number of rotatable bonds is 3. The number of hydrogen-bond donors (Lipinski definition) is 0. The monoisotopic (exact) mass is 315 g/mol. The van der Waals surface area contributed by atoms with Gasteiger partial charge in [0, 0.05) is 44.0 Å². The van der Waals surface area contributed by atoms with Gasteiger partial charge in [0.1, 0.15) is 5.69 Å². The van der Waals surface area contributed by atoms with Gasteiger partial charge in [-0.3, -0.25) is 9.69 Å². The summed E-state index contributed by atoms with van der Waals surface area (Å²) in [6.45, 7) is 12.0. The fourth-order valence-corrected chi connectivity index (χ4v) is 3.06. The van der Waals surface area contributed by atoms with Crippen molar-refractivity contribution in [3.05, 3.63) is 29.7 Å². The summed E-state index contributed by atoms with van der Waals surface area (Å²) in [4.78, 5) is 21.6. The Morgan fingerprint density at radius 3 is 2.43 bits per heavy atom. The standard InChI is InChI=1S/C17H25N5O/c1-12(2)15-11-14(19-16-5-6-18-22(15)16)17(23)21-9-7-20(8-10-21)13(3)4/h5-6,11-13H,7-10H2,1-4H3. The molecule has 1 aliphatic rings. The molecule has 0 aromatic carbocycles. The Labute approximate surface area is 137 Å². The van der Waals surface area contributed by atoms with E-state index in [1.54, 1.807) is 6.20 Å². The maximum Gasteiger partial charge on any atom is 0.272 e. The second kappa shape index (κ2) is 6.28. The van der Waals surface area contributed by atoms with Gasteiger partial charge in [0.25, 0.3) is 5.91 Å². The van der Waals surface area contributed by atoms with Gasteiger partial charge >= 0.3 is 0 Å². The first kappa shape index (κ1) is 15.9. The van der Waals surface area contributed by atoms with Crippen LogP contribution in [-0.2, 0) is 0 Å². The predicted octanol–water partition coefficient (Wildman–Crippen LogP) is 2.02. The minimum Gasteiger partial charge on any atom is -0.335 e. The third kappa shape index (κ3) is 3.08. The number of nitrogens with zero attached hydrogens (tertiary/aromatic N) is 5. The van der Waals surface area contributed by atoms with Crippen LogP contribution >= 0.6 is 0 Å². The van der Waals surface area contributed by atoms with Gasteiger partial charge in [-0.2, -0.15) is 5.10 Å². The van der Waals surface area contributed by atoms with Crippen molar-refractivity contribution in [2.24, 2.45) is 0 Å². The van der Waals surface area contributed by atoms with Crippen LogP contribution in [0.25, 0.3) is 5.65 Å². The summed E-state index contributed by atoms with van der Waals surface area (Å²) in [6.07, 6.45) is 1.73. The second-order valence-corrected chi connectivity index (χ2v) is 6.74. The van der Waals surface area contributed by atoms with E-state index in [0.29, 0.717) is 11.7 Å². The molecule has 3 rings (SSSR count). The summed E-state index contributed by atoms with van der Waals surface area (Å²) < 4.78 is 1.82. The Balaban J connectivity index is 1.84. The number of fused-ring (bicyclic) bond motifs is 1. The van der Waals surface area contributed by atoms with Crippen molar-refractivity contribution in [3.8, 4) is 0 Å². The van der Waals surface area contributed by atoms with Crippen LogP contribution in [0, 0.1) is 0 Å². The van der Waals surface area contributed by atoms with Crippen molar-refractivity contribution < 1.29 is 4.79 Å². The zero-order valence-electron chi connectivity index (χ0n) is 14.4. The molecule has 0 N–H and O–H groups in total. The molecule has 2 aromatic rings. The number of piperazine rings is 1. The van der Waals surface area contributed by atoms with Crippen molar-refractivity contribution in [2.75, 3.05) is 26.2 Å². The highest BCUT2D eigenvalue weighted by molar-refractivity contribution is 5.93. The molecule has 2 aromatic heterocycles. The summed E-state index contributed by atoms with van der Waals surface area (Å²) in [6, 6.07) is 4.27. The van der Waals surface area contributed by atoms with Crippen LogP contribution in [-0.4, -0.2) is 62.5 Å². The van der Waals surface area contributed by atoms with Gasteiger partial charge in [-0.05, 0) is 25.8 Å². The topological polar surface area (TPSA) is 53.7 Å². The Bertz CT molecular complexity index is 698. The zero-order chi connectivity index (χ0) is 16.6. The number of amides is 1. The lowest BCUT2D eigenvalue weighted by atomic mass is 10.1. The molecule has 0 atom stereocenters. The van der Waals surface area contributed by atoms with E-state index in [0.717, 1.165) is 37.5 Å². The van der Waals surface area contributed by atoms with Crippen LogP contribution in [0.3, 0.4) is 0 Å². The summed E-state index contributed by atoms with van der Waals surface area (Å²) in [5.41, 5.74) is 2.28. The second-order valence-electron chi connectivity index (χ2n) is 6.74. The molecular weight excluding hydrogens is 290 g/mol. The average Bonchev–Trinajstić information content (AvgIpc) is 3.01. The van der Waals surface area contributed by atoms with E-state index >= 15 is 0 Å².